The summed E-state index contributed by atoms with van der Waals surface area (Å²) in [4.78, 5) is 35.7. The van der Waals surface area contributed by atoms with Gasteiger partial charge in [-0.05, 0) is 54.8 Å². The standard InChI is InChI=1S/C20H22N2O5S/c1-13-7-8-17(9-14(13)2)21-20(25)22-18(23)11-27-19(24)16-6-4-5-15(10-16)12-28(3)26/h4-10H,11-12H2,1-3H3,(H2,21,22,23,25). The van der Waals surface area contributed by atoms with E-state index in [0.717, 1.165) is 16.7 Å². The third kappa shape index (κ3) is 6.62. The Morgan fingerprint density at radius 3 is 2.46 bits per heavy atom. The molecule has 0 fully saturated rings. The van der Waals surface area contributed by atoms with Crippen LogP contribution in [-0.2, 0) is 26.1 Å². The van der Waals surface area contributed by atoms with E-state index < -0.39 is 35.3 Å². The minimum absolute atomic E-state index is 0.246. The molecule has 2 aromatic rings. The summed E-state index contributed by atoms with van der Waals surface area (Å²) >= 11 is 0. The van der Waals surface area contributed by atoms with E-state index in [-0.39, 0.29) is 5.56 Å². The predicted octanol–water partition coefficient (Wildman–Crippen LogP) is 2.69. The number of ether oxygens (including phenoxy) is 1. The lowest BCUT2D eigenvalue weighted by atomic mass is 10.1. The van der Waals surface area contributed by atoms with Gasteiger partial charge < -0.3 is 10.1 Å². The van der Waals surface area contributed by atoms with Crippen LogP contribution in [0.1, 0.15) is 27.0 Å². The number of benzene rings is 2. The second-order valence-corrected chi connectivity index (χ2v) is 7.73. The van der Waals surface area contributed by atoms with Crippen LogP contribution < -0.4 is 10.6 Å². The third-order valence-corrected chi connectivity index (χ3v) is 4.62. The molecule has 0 spiro atoms. The Hall–Kier alpha value is -3.00. The molecule has 3 amide bonds. The molecule has 0 aliphatic carbocycles. The van der Waals surface area contributed by atoms with E-state index in [2.05, 4.69) is 10.6 Å². The molecular formula is C20H22N2O5S. The zero-order valence-corrected chi connectivity index (χ0v) is 16.7. The molecule has 0 radical (unpaired) electrons. The fourth-order valence-corrected chi connectivity index (χ4v) is 3.03. The van der Waals surface area contributed by atoms with Gasteiger partial charge in [0.1, 0.15) is 0 Å². The maximum Gasteiger partial charge on any atom is 0.338 e. The first-order valence-corrected chi connectivity index (χ1v) is 10.2. The van der Waals surface area contributed by atoms with E-state index in [1.54, 1.807) is 36.6 Å². The van der Waals surface area contributed by atoms with Gasteiger partial charge in [0.05, 0.1) is 5.56 Å². The Labute approximate surface area is 165 Å². The van der Waals surface area contributed by atoms with Crippen molar-refractivity contribution in [2.45, 2.75) is 19.6 Å². The maximum atomic E-state index is 12.1. The predicted molar refractivity (Wildman–Crippen MR) is 108 cm³/mol. The first-order chi connectivity index (χ1) is 13.2. The number of hydrogen-bond acceptors (Lipinski definition) is 5. The van der Waals surface area contributed by atoms with Gasteiger partial charge in [-0.2, -0.15) is 0 Å². The van der Waals surface area contributed by atoms with Gasteiger partial charge >= 0.3 is 12.0 Å². The summed E-state index contributed by atoms with van der Waals surface area (Å²) in [6.45, 7) is 3.27. The summed E-state index contributed by atoms with van der Waals surface area (Å²) in [5.41, 5.74) is 3.62. The van der Waals surface area contributed by atoms with Crippen LogP contribution in [0.5, 0.6) is 0 Å². The van der Waals surface area contributed by atoms with E-state index >= 15 is 0 Å². The number of hydrogen-bond donors (Lipinski definition) is 2. The lowest BCUT2D eigenvalue weighted by Gasteiger charge is -2.09. The average molecular weight is 402 g/mol. The van der Waals surface area contributed by atoms with Crippen molar-refractivity contribution in [1.82, 2.24) is 5.32 Å². The highest BCUT2D eigenvalue weighted by molar-refractivity contribution is 7.83. The fraction of sp³-hybridized carbons (Fsp3) is 0.250. The van der Waals surface area contributed by atoms with Crippen molar-refractivity contribution in [3.63, 3.8) is 0 Å². The number of amides is 3. The monoisotopic (exact) mass is 402 g/mol. The lowest BCUT2D eigenvalue weighted by Crippen LogP contribution is -2.37. The largest absolute Gasteiger partial charge is 0.452 e. The highest BCUT2D eigenvalue weighted by atomic mass is 32.2. The number of carbonyl (C=O) groups is 3. The maximum absolute atomic E-state index is 12.1. The van der Waals surface area contributed by atoms with E-state index in [1.165, 1.54) is 6.07 Å². The minimum Gasteiger partial charge on any atom is -0.452 e. The Morgan fingerprint density at radius 2 is 1.79 bits per heavy atom. The van der Waals surface area contributed by atoms with Crippen LogP contribution in [0, 0.1) is 13.8 Å². The molecule has 0 aromatic heterocycles. The van der Waals surface area contributed by atoms with Gasteiger partial charge in [-0.1, -0.05) is 18.2 Å². The number of rotatable bonds is 6. The Bertz CT molecular complexity index is 927. The second-order valence-electron chi connectivity index (χ2n) is 6.30. The third-order valence-electron chi connectivity index (χ3n) is 3.88. The van der Waals surface area contributed by atoms with Crippen molar-refractivity contribution < 1.29 is 23.3 Å². The van der Waals surface area contributed by atoms with Crippen LogP contribution in [-0.4, -0.2) is 35.0 Å². The molecule has 28 heavy (non-hydrogen) atoms. The first-order valence-electron chi connectivity index (χ1n) is 8.49. The van der Waals surface area contributed by atoms with Crippen LogP contribution in [0.25, 0.3) is 0 Å². The summed E-state index contributed by atoms with van der Waals surface area (Å²) in [5.74, 6) is -1.13. The topological polar surface area (TPSA) is 102 Å². The van der Waals surface area contributed by atoms with E-state index in [1.807, 2.05) is 19.9 Å². The molecule has 0 aliphatic rings. The number of aryl methyl sites for hydroxylation is 2. The van der Waals surface area contributed by atoms with Crippen LogP contribution in [0.4, 0.5) is 10.5 Å². The van der Waals surface area contributed by atoms with Gasteiger partial charge in [-0.25, -0.2) is 9.59 Å². The molecule has 0 saturated heterocycles. The molecule has 148 valence electrons. The van der Waals surface area contributed by atoms with Crippen molar-refractivity contribution in [2.24, 2.45) is 0 Å². The Kier molecular flexibility index (Phi) is 7.45. The molecule has 2 rings (SSSR count). The number of esters is 1. The quantitative estimate of drug-likeness (QED) is 0.724. The summed E-state index contributed by atoms with van der Waals surface area (Å²) < 4.78 is 16.2. The lowest BCUT2D eigenvalue weighted by molar-refractivity contribution is -0.123. The van der Waals surface area contributed by atoms with Crippen LogP contribution in [0.2, 0.25) is 0 Å². The van der Waals surface area contributed by atoms with E-state index in [0.29, 0.717) is 11.4 Å². The van der Waals surface area contributed by atoms with Crippen LogP contribution >= 0.6 is 0 Å². The van der Waals surface area contributed by atoms with Crippen molar-refractivity contribution in [2.75, 3.05) is 18.2 Å². The van der Waals surface area contributed by atoms with E-state index in [9.17, 15) is 18.6 Å². The molecule has 2 aromatic carbocycles. The Morgan fingerprint density at radius 1 is 1.04 bits per heavy atom. The van der Waals surface area contributed by atoms with Gasteiger partial charge in [0.15, 0.2) is 6.61 Å². The molecule has 0 saturated carbocycles. The van der Waals surface area contributed by atoms with Crippen LogP contribution in [0.3, 0.4) is 0 Å². The number of urea groups is 1. The first kappa shape index (κ1) is 21.3. The van der Waals surface area contributed by atoms with Gasteiger partial charge in [-0.3, -0.25) is 14.3 Å². The number of anilines is 1. The molecule has 1 unspecified atom stereocenters. The highest BCUT2D eigenvalue weighted by Crippen LogP contribution is 2.14. The number of carbonyl (C=O) groups excluding carboxylic acids is 3. The van der Waals surface area contributed by atoms with Crippen LogP contribution in [0.15, 0.2) is 42.5 Å². The summed E-state index contributed by atoms with van der Waals surface area (Å²) in [5, 5.41) is 4.65. The molecule has 8 heteroatoms. The Balaban J connectivity index is 1.84. The molecule has 0 aliphatic heterocycles. The zero-order valence-electron chi connectivity index (χ0n) is 15.9. The molecule has 0 bridgehead atoms. The smallest absolute Gasteiger partial charge is 0.338 e. The van der Waals surface area contributed by atoms with Crippen molar-refractivity contribution in [3.8, 4) is 0 Å². The molecule has 7 nitrogen and oxygen atoms in total. The number of nitrogens with one attached hydrogen (secondary N) is 2. The molecule has 1 atom stereocenters. The molecule has 2 N–H and O–H groups in total. The number of imide groups is 1. The summed E-state index contributed by atoms with van der Waals surface area (Å²) in [6.07, 6.45) is 1.57. The van der Waals surface area contributed by atoms with Gasteiger partial charge in [0.2, 0.25) is 0 Å². The molecule has 0 heterocycles. The van der Waals surface area contributed by atoms with Gasteiger partial charge in [0, 0.05) is 28.5 Å². The normalized spacial score (nSPS) is 11.4. The van der Waals surface area contributed by atoms with Crippen molar-refractivity contribution in [1.29, 1.82) is 0 Å². The fourth-order valence-electron chi connectivity index (χ4n) is 2.38. The average Bonchev–Trinajstić information content (AvgIpc) is 2.62. The van der Waals surface area contributed by atoms with E-state index in [4.69, 9.17) is 4.74 Å². The highest BCUT2D eigenvalue weighted by Gasteiger charge is 2.13. The zero-order chi connectivity index (χ0) is 20.7. The van der Waals surface area contributed by atoms with Gasteiger partial charge in [-0.15, -0.1) is 0 Å². The van der Waals surface area contributed by atoms with Crippen molar-refractivity contribution >= 4 is 34.4 Å². The SMILES string of the molecule is Cc1ccc(NC(=O)NC(=O)COC(=O)c2cccc(CS(C)=O)c2)cc1C. The summed E-state index contributed by atoms with van der Waals surface area (Å²) in [6, 6.07) is 11.2. The second kappa shape index (κ2) is 9.80. The minimum atomic E-state index is -1.04. The van der Waals surface area contributed by atoms with Gasteiger partial charge in [0.25, 0.3) is 5.91 Å². The molecular weight excluding hydrogens is 380 g/mol. The summed E-state index contributed by atoms with van der Waals surface area (Å²) in [7, 11) is -1.04. The van der Waals surface area contributed by atoms with Crippen molar-refractivity contribution in [3.05, 3.63) is 64.7 Å².